The zero-order valence-electron chi connectivity index (χ0n) is 9.66. The number of phenols is 1. The molecule has 0 aromatic heterocycles. The molecule has 0 spiro atoms. The fourth-order valence-electron chi connectivity index (χ4n) is 1.38. The lowest BCUT2D eigenvalue weighted by Gasteiger charge is -2.14. The van der Waals surface area contributed by atoms with Gasteiger partial charge in [-0.2, -0.15) is 11.8 Å². The second-order valence-corrected chi connectivity index (χ2v) is 5.74. The molecular formula is C12H18BrNOS. The zero-order chi connectivity index (χ0) is 12.0. The molecule has 16 heavy (non-hydrogen) atoms. The molecule has 2 nitrogen and oxygen atoms in total. The number of halogens is 1. The maximum atomic E-state index is 9.66. The number of aromatic hydroxyl groups is 1. The summed E-state index contributed by atoms with van der Waals surface area (Å²) in [5.74, 6) is 1.52. The van der Waals surface area contributed by atoms with E-state index in [1.54, 1.807) is 6.07 Å². The molecule has 1 aromatic rings. The minimum absolute atomic E-state index is 0.354. The zero-order valence-corrected chi connectivity index (χ0v) is 12.1. The average molecular weight is 304 g/mol. The lowest BCUT2D eigenvalue weighted by Crippen LogP contribution is -2.26. The number of nitrogens with one attached hydrogen (secondary N) is 1. The molecule has 0 aliphatic heterocycles. The van der Waals surface area contributed by atoms with Crippen molar-refractivity contribution in [1.29, 1.82) is 0 Å². The third-order valence-electron chi connectivity index (χ3n) is 2.44. The van der Waals surface area contributed by atoms with Crippen molar-refractivity contribution in [2.75, 3.05) is 12.0 Å². The summed E-state index contributed by atoms with van der Waals surface area (Å²) >= 11 is 5.26. The lowest BCUT2D eigenvalue weighted by atomic mass is 10.2. The monoisotopic (exact) mass is 303 g/mol. The predicted octanol–water partition coefficient (Wildman–Crippen LogP) is 3.39. The maximum Gasteiger partial charge on any atom is 0.120 e. The first-order chi connectivity index (χ1) is 7.63. The van der Waals surface area contributed by atoms with E-state index in [-0.39, 0.29) is 0 Å². The van der Waals surface area contributed by atoms with E-state index in [2.05, 4.69) is 34.4 Å². The van der Waals surface area contributed by atoms with Crippen LogP contribution in [0.15, 0.2) is 22.7 Å². The summed E-state index contributed by atoms with van der Waals surface area (Å²) in [5, 5.41) is 13.1. The van der Waals surface area contributed by atoms with Gasteiger partial charge in [0.25, 0.3) is 0 Å². The average Bonchev–Trinajstić information content (AvgIpc) is 2.27. The third kappa shape index (κ3) is 4.76. The maximum absolute atomic E-state index is 9.66. The van der Waals surface area contributed by atoms with E-state index < -0.39 is 0 Å². The number of rotatable bonds is 6. The summed E-state index contributed by atoms with van der Waals surface area (Å²) in [5.41, 5.74) is 0.936. The molecule has 0 fully saturated rings. The number of hydrogen-bond acceptors (Lipinski definition) is 3. The Kier molecular flexibility index (Phi) is 6.24. The van der Waals surface area contributed by atoms with Gasteiger partial charge in [0.15, 0.2) is 0 Å². The van der Waals surface area contributed by atoms with Gasteiger partial charge >= 0.3 is 0 Å². The molecule has 0 saturated heterocycles. The summed E-state index contributed by atoms with van der Waals surface area (Å²) in [6.07, 6.45) is 3.27. The van der Waals surface area contributed by atoms with Crippen molar-refractivity contribution in [2.45, 2.75) is 25.9 Å². The van der Waals surface area contributed by atoms with Crippen LogP contribution in [0.5, 0.6) is 5.75 Å². The summed E-state index contributed by atoms with van der Waals surface area (Å²) < 4.78 is 0.999. The van der Waals surface area contributed by atoms with Crippen LogP contribution in [-0.2, 0) is 6.54 Å². The van der Waals surface area contributed by atoms with Gasteiger partial charge in [0.2, 0.25) is 0 Å². The van der Waals surface area contributed by atoms with Crippen molar-refractivity contribution in [2.24, 2.45) is 0 Å². The van der Waals surface area contributed by atoms with Gasteiger partial charge in [0, 0.05) is 22.6 Å². The molecule has 1 rings (SSSR count). The van der Waals surface area contributed by atoms with E-state index in [0.717, 1.165) is 16.5 Å². The van der Waals surface area contributed by atoms with Gasteiger partial charge in [0.05, 0.1) is 0 Å². The van der Waals surface area contributed by atoms with Crippen LogP contribution < -0.4 is 5.32 Å². The smallest absolute Gasteiger partial charge is 0.120 e. The van der Waals surface area contributed by atoms with Crippen molar-refractivity contribution in [3.05, 3.63) is 28.2 Å². The van der Waals surface area contributed by atoms with Crippen LogP contribution in [0.3, 0.4) is 0 Å². The highest BCUT2D eigenvalue weighted by atomic mass is 79.9. The number of thioether (sulfide) groups is 1. The second-order valence-electron chi connectivity index (χ2n) is 3.84. The van der Waals surface area contributed by atoms with E-state index >= 15 is 0 Å². The van der Waals surface area contributed by atoms with Crippen molar-refractivity contribution in [3.63, 3.8) is 0 Å². The van der Waals surface area contributed by atoms with Crippen molar-refractivity contribution >= 4 is 27.7 Å². The first-order valence-corrected chi connectivity index (χ1v) is 7.52. The highest BCUT2D eigenvalue weighted by Crippen LogP contribution is 2.21. The van der Waals surface area contributed by atoms with Crippen LogP contribution in [0.1, 0.15) is 18.9 Å². The van der Waals surface area contributed by atoms with Gasteiger partial charge < -0.3 is 10.4 Å². The molecule has 4 heteroatoms. The highest BCUT2D eigenvalue weighted by Gasteiger charge is 2.04. The summed E-state index contributed by atoms with van der Waals surface area (Å²) in [7, 11) is 0. The van der Waals surface area contributed by atoms with E-state index in [4.69, 9.17) is 0 Å². The molecule has 1 atom stereocenters. The van der Waals surface area contributed by atoms with Crippen molar-refractivity contribution < 1.29 is 5.11 Å². The molecule has 0 aliphatic carbocycles. The van der Waals surface area contributed by atoms with Crippen LogP contribution in [-0.4, -0.2) is 23.2 Å². The van der Waals surface area contributed by atoms with Gasteiger partial charge in [-0.15, -0.1) is 0 Å². The Morgan fingerprint density at radius 1 is 1.50 bits per heavy atom. The van der Waals surface area contributed by atoms with Crippen LogP contribution in [0.2, 0.25) is 0 Å². The molecule has 0 heterocycles. The first-order valence-electron chi connectivity index (χ1n) is 5.33. The largest absolute Gasteiger partial charge is 0.508 e. The van der Waals surface area contributed by atoms with Crippen LogP contribution >= 0.6 is 27.7 Å². The Bertz CT molecular complexity index is 333. The molecule has 2 N–H and O–H groups in total. The Morgan fingerprint density at radius 2 is 2.25 bits per heavy atom. The molecule has 90 valence electrons. The first kappa shape index (κ1) is 13.9. The Balaban J connectivity index is 2.44. The molecule has 0 amide bonds. The normalized spacial score (nSPS) is 12.7. The van der Waals surface area contributed by atoms with Crippen LogP contribution in [0.4, 0.5) is 0 Å². The lowest BCUT2D eigenvalue weighted by molar-refractivity contribution is 0.457. The van der Waals surface area contributed by atoms with E-state index in [9.17, 15) is 5.11 Å². The van der Waals surface area contributed by atoms with Crippen molar-refractivity contribution in [3.8, 4) is 5.75 Å². The fraction of sp³-hybridized carbons (Fsp3) is 0.500. The summed E-state index contributed by atoms with van der Waals surface area (Å²) in [6.45, 7) is 2.88. The Morgan fingerprint density at radius 3 is 2.94 bits per heavy atom. The van der Waals surface area contributed by atoms with Crippen molar-refractivity contribution in [1.82, 2.24) is 5.32 Å². The summed E-state index contributed by atoms with van der Waals surface area (Å²) in [6, 6.07) is 5.98. The number of hydrogen-bond donors (Lipinski definition) is 2. The Hall–Kier alpha value is -0.190. The molecular weight excluding hydrogens is 286 g/mol. The number of benzene rings is 1. The topological polar surface area (TPSA) is 32.3 Å². The van der Waals surface area contributed by atoms with E-state index in [0.29, 0.717) is 18.3 Å². The quantitative estimate of drug-likeness (QED) is 0.845. The van der Waals surface area contributed by atoms with Gasteiger partial charge in [-0.3, -0.25) is 0 Å². The van der Waals surface area contributed by atoms with Gasteiger partial charge in [-0.05, 0) is 43.6 Å². The fourth-order valence-corrected chi connectivity index (χ4v) is 2.37. The summed E-state index contributed by atoms with van der Waals surface area (Å²) in [4.78, 5) is 0. The number of phenolic OH excluding ortho intramolecular Hbond substituents is 1. The molecule has 0 aliphatic rings. The molecule has 1 unspecified atom stereocenters. The Labute approximate surface area is 110 Å². The predicted molar refractivity (Wildman–Crippen MR) is 75.1 cm³/mol. The molecule has 0 radical (unpaired) electrons. The van der Waals surface area contributed by atoms with Crippen LogP contribution in [0.25, 0.3) is 0 Å². The van der Waals surface area contributed by atoms with E-state index in [1.807, 2.05) is 23.9 Å². The third-order valence-corrected chi connectivity index (χ3v) is 3.57. The van der Waals surface area contributed by atoms with Gasteiger partial charge in [-0.25, -0.2) is 0 Å². The SMILES string of the molecule is CSCCC(C)NCc1cc(Br)ccc1O. The molecule has 0 bridgehead atoms. The highest BCUT2D eigenvalue weighted by molar-refractivity contribution is 9.10. The van der Waals surface area contributed by atoms with Gasteiger partial charge in [-0.1, -0.05) is 15.9 Å². The minimum Gasteiger partial charge on any atom is -0.508 e. The van der Waals surface area contributed by atoms with Gasteiger partial charge in [0.1, 0.15) is 5.75 Å². The minimum atomic E-state index is 0.354. The van der Waals surface area contributed by atoms with Crippen LogP contribution in [0, 0.1) is 0 Å². The molecule has 1 aromatic carbocycles. The second kappa shape index (κ2) is 7.20. The van der Waals surface area contributed by atoms with E-state index in [1.165, 1.54) is 5.75 Å². The standard InChI is InChI=1S/C12H18BrNOS/c1-9(5-6-16-2)14-8-10-7-11(13)3-4-12(10)15/h3-4,7,9,14-15H,5-6,8H2,1-2H3. The molecule has 0 saturated carbocycles.